The van der Waals surface area contributed by atoms with Gasteiger partial charge in [-0.25, -0.2) is 0 Å². The Morgan fingerprint density at radius 2 is 2.04 bits per heavy atom. The van der Waals surface area contributed by atoms with Crippen molar-refractivity contribution in [2.75, 3.05) is 26.2 Å². The van der Waals surface area contributed by atoms with Gasteiger partial charge in [-0.2, -0.15) is 0 Å². The topological polar surface area (TPSA) is 56.4 Å². The summed E-state index contributed by atoms with van der Waals surface area (Å²) in [5.74, 6) is 0.879. The average Bonchev–Trinajstić information content (AvgIpc) is 2.90. The minimum absolute atomic E-state index is 0. The molecule has 140 valence electrons. The van der Waals surface area contributed by atoms with E-state index < -0.39 is 0 Å². The number of nitrogens with one attached hydrogen (secondary N) is 3. The molecule has 2 heterocycles. The van der Waals surface area contributed by atoms with Gasteiger partial charge in [-0.05, 0) is 25.3 Å². The molecule has 0 radical (unpaired) electrons. The Kier molecular flexibility index (Phi) is 8.16. The molecule has 25 heavy (non-hydrogen) atoms. The van der Waals surface area contributed by atoms with Gasteiger partial charge in [0.25, 0.3) is 0 Å². The van der Waals surface area contributed by atoms with Gasteiger partial charge in [-0.3, -0.25) is 15.6 Å². The summed E-state index contributed by atoms with van der Waals surface area (Å²) in [6.45, 7) is 5.81. The predicted octanol–water partition coefficient (Wildman–Crippen LogP) is 2.25. The molecule has 0 bridgehead atoms. The number of carbonyl (C=O) groups excluding carboxylic acids is 1. The maximum atomic E-state index is 12.4. The van der Waals surface area contributed by atoms with Crippen molar-refractivity contribution >= 4 is 18.3 Å². The summed E-state index contributed by atoms with van der Waals surface area (Å²) in [7, 11) is 0. The number of hydrogen-bond acceptors (Lipinski definition) is 4. The smallest absolute Gasteiger partial charge is 0.222 e. The lowest BCUT2D eigenvalue weighted by atomic mass is 10.0. The lowest BCUT2D eigenvalue weighted by Gasteiger charge is -2.29. The molecule has 1 aromatic carbocycles. The van der Waals surface area contributed by atoms with Crippen LogP contribution in [0.4, 0.5) is 0 Å². The first-order valence-electron chi connectivity index (χ1n) is 9.28. The highest BCUT2D eigenvalue weighted by atomic mass is 35.5. The molecule has 1 aromatic rings. The van der Waals surface area contributed by atoms with Crippen LogP contribution in [0.3, 0.4) is 0 Å². The molecule has 3 unspecified atom stereocenters. The average molecular weight is 367 g/mol. The van der Waals surface area contributed by atoms with E-state index in [4.69, 9.17) is 0 Å². The highest BCUT2D eigenvalue weighted by molar-refractivity contribution is 5.85. The fourth-order valence-corrected chi connectivity index (χ4v) is 3.61. The summed E-state index contributed by atoms with van der Waals surface area (Å²) in [4.78, 5) is 14.4. The number of halogens is 1. The molecule has 2 aliphatic rings. The molecule has 0 saturated carbocycles. The maximum absolute atomic E-state index is 12.4. The van der Waals surface area contributed by atoms with Gasteiger partial charge in [0.1, 0.15) is 0 Å². The van der Waals surface area contributed by atoms with Crippen LogP contribution in [0.5, 0.6) is 0 Å². The van der Waals surface area contributed by atoms with Crippen molar-refractivity contribution in [3.63, 3.8) is 0 Å². The summed E-state index contributed by atoms with van der Waals surface area (Å²) in [6, 6.07) is 11.2. The summed E-state index contributed by atoms with van der Waals surface area (Å²) < 4.78 is 0. The lowest BCUT2D eigenvalue weighted by Crippen LogP contribution is -2.41. The van der Waals surface area contributed by atoms with Gasteiger partial charge in [-0.15, -0.1) is 12.4 Å². The second-order valence-corrected chi connectivity index (χ2v) is 7.10. The van der Waals surface area contributed by atoms with Crippen LogP contribution in [0.2, 0.25) is 0 Å². The van der Waals surface area contributed by atoms with E-state index in [1.54, 1.807) is 0 Å². The summed E-state index contributed by atoms with van der Waals surface area (Å²) in [5, 5.41) is 3.72. The lowest BCUT2D eigenvalue weighted by molar-refractivity contribution is -0.131. The Bertz CT molecular complexity index is 527. The second-order valence-electron chi connectivity index (χ2n) is 7.10. The number of benzene rings is 1. The zero-order chi connectivity index (χ0) is 16.8. The fourth-order valence-electron chi connectivity index (χ4n) is 3.61. The van der Waals surface area contributed by atoms with E-state index in [2.05, 4.69) is 52.3 Å². The third-order valence-corrected chi connectivity index (χ3v) is 5.30. The van der Waals surface area contributed by atoms with Crippen molar-refractivity contribution in [3.05, 3.63) is 35.9 Å². The molecule has 2 fully saturated rings. The molecule has 0 spiro atoms. The fraction of sp³-hybridized carbons (Fsp3) is 0.632. The van der Waals surface area contributed by atoms with Crippen LogP contribution in [0.1, 0.15) is 44.2 Å². The molecular weight excluding hydrogens is 336 g/mol. The van der Waals surface area contributed by atoms with E-state index in [0.717, 1.165) is 39.0 Å². The largest absolute Gasteiger partial charge is 0.341 e. The van der Waals surface area contributed by atoms with Gasteiger partial charge in [0.15, 0.2) is 0 Å². The number of amides is 1. The number of carbonyl (C=O) groups is 1. The molecule has 1 amide bonds. The number of rotatable bonds is 6. The number of hydrogen-bond donors (Lipinski definition) is 3. The minimum Gasteiger partial charge on any atom is -0.341 e. The quantitative estimate of drug-likeness (QED) is 0.722. The van der Waals surface area contributed by atoms with Crippen molar-refractivity contribution in [1.29, 1.82) is 0 Å². The third-order valence-electron chi connectivity index (χ3n) is 5.30. The molecule has 2 aliphatic heterocycles. The monoisotopic (exact) mass is 366 g/mol. The second kappa shape index (κ2) is 10.1. The van der Waals surface area contributed by atoms with Crippen molar-refractivity contribution in [2.45, 2.75) is 44.7 Å². The highest BCUT2D eigenvalue weighted by Gasteiger charge is 2.25. The van der Waals surface area contributed by atoms with Crippen LogP contribution in [-0.4, -0.2) is 43.0 Å². The molecule has 3 rings (SSSR count). The molecule has 2 saturated heterocycles. The molecule has 5 nitrogen and oxygen atoms in total. The van der Waals surface area contributed by atoms with E-state index >= 15 is 0 Å². The van der Waals surface area contributed by atoms with Crippen LogP contribution < -0.4 is 16.2 Å². The van der Waals surface area contributed by atoms with Gasteiger partial charge in [0.2, 0.25) is 5.91 Å². The van der Waals surface area contributed by atoms with Crippen molar-refractivity contribution in [3.8, 4) is 0 Å². The van der Waals surface area contributed by atoms with Crippen LogP contribution in [-0.2, 0) is 4.79 Å². The molecule has 6 heteroatoms. The van der Waals surface area contributed by atoms with Gasteiger partial charge < -0.3 is 10.2 Å². The number of likely N-dealkylation sites (tertiary alicyclic amines) is 1. The molecule has 0 aliphatic carbocycles. The van der Waals surface area contributed by atoms with Gasteiger partial charge in [0, 0.05) is 50.6 Å². The van der Waals surface area contributed by atoms with Crippen LogP contribution in [0.15, 0.2) is 30.3 Å². The Hall–Kier alpha value is -1.14. The number of hydrazine groups is 1. The first kappa shape index (κ1) is 20.2. The summed E-state index contributed by atoms with van der Waals surface area (Å²) >= 11 is 0. The standard InChI is InChI=1S/C19H30N4O.ClH/c1-15-17(13-21-22-15)12-20-18(16-8-4-2-5-9-16)14-23-11-7-3-6-10-19(23)24;/h2,4-5,8-9,15,17-18,20-22H,3,6-7,10-14H2,1H3;1H. The highest BCUT2D eigenvalue weighted by Crippen LogP contribution is 2.19. The Balaban J connectivity index is 0.00000225. The van der Waals surface area contributed by atoms with Gasteiger partial charge in [-0.1, -0.05) is 36.8 Å². The van der Waals surface area contributed by atoms with E-state index in [1.165, 1.54) is 12.0 Å². The zero-order valence-electron chi connectivity index (χ0n) is 15.0. The first-order chi connectivity index (χ1) is 11.7. The SMILES string of the molecule is CC1NNCC1CNC(CN1CCCCCC1=O)c1ccccc1.Cl. The van der Waals surface area contributed by atoms with E-state index in [0.29, 0.717) is 24.3 Å². The van der Waals surface area contributed by atoms with Crippen molar-refractivity contribution in [2.24, 2.45) is 5.92 Å². The predicted molar refractivity (Wildman–Crippen MR) is 104 cm³/mol. The van der Waals surface area contributed by atoms with E-state index in [-0.39, 0.29) is 18.4 Å². The zero-order valence-corrected chi connectivity index (χ0v) is 15.9. The van der Waals surface area contributed by atoms with E-state index in [1.807, 2.05) is 6.07 Å². The third kappa shape index (κ3) is 5.68. The Morgan fingerprint density at radius 3 is 2.76 bits per heavy atom. The summed E-state index contributed by atoms with van der Waals surface area (Å²) in [6.07, 6.45) is 4.04. The molecule has 0 aromatic heterocycles. The van der Waals surface area contributed by atoms with Crippen molar-refractivity contribution < 1.29 is 4.79 Å². The molecule has 3 N–H and O–H groups in total. The summed E-state index contributed by atoms with van der Waals surface area (Å²) in [5.41, 5.74) is 7.77. The normalized spacial score (nSPS) is 25.3. The molecule has 3 atom stereocenters. The van der Waals surface area contributed by atoms with Crippen LogP contribution in [0.25, 0.3) is 0 Å². The van der Waals surface area contributed by atoms with Gasteiger partial charge >= 0.3 is 0 Å². The Labute approximate surface area is 157 Å². The van der Waals surface area contributed by atoms with Crippen LogP contribution in [0, 0.1) is 5.92 Å². The van der Waals surface area contributed by atoms with E-state index in [9.17, 15) is 4.79 Å². The minimum atomic E-state index is 0. The maximum Gasteiger partial charge on any atom is 0.222 e. The Morgan fingerprint density at radius 1 is 1.24 bits per heavy atom. The van der Waals surface area contributed by atoms with Crippen molar-refractivity contribution in [1.82, 2.24) is 21.1 Å². The van der Waals surface area contributed by atoms with Gasteiger partial charge in [0.05, 0.1) is 0 Å². The van der Waals surface area contributed by atoms with Crippen LogP contribution >= 0.6 is 12.4 Å². The first-order valence-corrected chi connectivity index (χ1v) is 9.28. The number of nitrogens with zero attached hydrogens (tertiary/aromatic N) is 1. The molecular formula is C19H31ClN4O.